The first kappa shape index (κ1) is 10.5. The number of hydrogen-bond acceptors (Lipinski definition) is 2. The predicted octanol–water partition coefficient (Wildman–Crippen LogP) is 2.81. The molecule has 2 heteroatoms. The van der Waals surface area contributed by atoms with Crippen LogP contribution in [0.25, 0.3) is 0 Å². The zero-order valence-electron chi connectivity index (χ0n) is 8.27. The van der Waals surface area contributed by atoms with E-state index in [2.05, 4.69) is 0 Å². The van der Waals surface area contributed by atoms with Crippen LogP contribution in [0.2, 0.25) is 0 Å². The van der Waals surface area contributed by atoms with E-state index in [4.69, 9.17) is 4.74 Å². The molecule has 0 unspecified atom stereocenters. The predicted molar refractivity (Wildman–Crippen MR) is 56.2 cm³/mol. The van der Waals surface area contributed by atoms with Crippen molar-refractivity contribution in [3.05, 3.63) is 48.0 Å². The number of benzene rings is 1. The second-order valence-corrected chi connectivity index (χ2v) is 2.84. The molecule has 1 aromatic rings. The van der Waals surface area contributed by atoms with E-state index in [0.29, 0.717) is 12.2 Å². The molecule has 0 aliphatic carbocycles. The molecule has 0 aromatic heterocycles. The molecular formula is C12H14O2. The highest BCUT2D eigenvalue weighted by atomic mass is 16.5. The normalized spacial score (nSPS) is 10.4. The largest absolute Gasteiger partial charge is 0.458 e. The molecule has 0 bridgehead atoms. The molecule has 0 radical (unpaired) electrons. The lowest BCUT2D eigenvalue weighted by molar-refractivity contribution is 0.0549. The molecule has 1 rings (SSSR count). The Morgan fingerprint density at radius 1 is 1.29 bits per heavy atom. The maximum atomic E-state index is 11.4. The van der Waals surface area contributed by atoms with Gasteiger partial charge in [0.05, 0.1) is 5.56 Å². The molecular weight excluding hydrogens is 176 g/mol. The van der Waals surface area contributed by atoms with Crippen molar-refractivity contribution in [1.82, 2.24) is 0 Å². The Bertz CT molecular complexity index is 301. The summed E-state index contributed by atoms with van der Waals surface area (Å²) in [6.45, 7) is 2.39. The lowest BCUT2D eigenvalue weighted by Gasteiger charge is -2.00. The summed E-state index contributed by atoms with van der Waals surface area (Å²) in [5.41, 5.74) is 0.595. The number of hydrogen-bond donors (Lipinski definition) is 0. The van der Waals surface area contributed by atoms with Gasteiger partial charge >= 0.3 is 5.97 Å². The first-order valence-electron chi connectivity index (χ1n) is 4.71. The molecule has 1 aromatic carbocycles. The van der Waals surface area contributed by atoms with Crippen LogP contribution in [-0.4, -0.2) is 12.6 Å². The van der Waals surface area contributed by atoms with Gasteiger partial charge in [0.2, 0.25) is 0 Å². The zero-order valence-corrected chi connectivity index (χ0v) is 8.27. The van der Waals surface area contributed by atoms with Gasteiger partial charge in [-0.3, -0.25) is 0 Å². The van der Waals surface area contributed by atoms with Crippen LogP contribution in [0.15, 0.2) is 42.5 Å². The third-order valence-electron chi connectivity index (χ3n) is 1.72. The summed E-state index contributed by atoms with van der Waals surface area (Å²) in [7, 11) is 0. The topological polar surface area (TPSA) is 26.3 Å². The molecule has 14 heavy (non-hydrogen) atoms. The fraction of sp³-hybridized carbons (Fsp3) is 0.250. The molecule has 0 fully saturated rings. The van der Waals surface area contributed by atoms with E-state index in [0.717, 1.165) is 6.42 Å². The first-order valence-corrected chi connectivity index (χ1v) is 4.71. The van der Waals surface area contributed by atoms with Crippen molar-refractivity contribution >= 4 is 5.97 Å². The molecule has 0 heterocycles. The second kappa shape index (κ2) is 5.97. The molecule has 0 spiro atoms. The van der Waals surface area contributed by atoms with Crippen molar-refractivity contribution in [1.29, 1.82) is 0 Å². The van der Waals surface area contributed by atoms with Gasteiger partial charge in [-0.1, -0.05) is 37.3 Å². The van der Waals surface area contributed by atoms with Crippen molar-refractivity contribution < 1.29 is 9.53 Å². The fourth-order valence-corrected chi connectivity index (χ4v) is 1.02. The molecule has 0 aliphatic rings. The number of allylic oxidation sites excluding steroid dienone is 1. The molecule has 2 nitrogen and oxygen atoms in total. The summed E-state index contributed by atoms with van der Waals surface area (Å²) in [6, 6.07) is 8.99. The minimum atomic E-state index is -0.272. The van der Waals surface area contributed by atoms with Crippen molar-refractivity contribution in [2.45, 2.75) is 13.3 Å². The summed E-state index contributed by atoms with van der Waals surface area (Å²) in [6.07, 6.45) is 4.78. The highest BCUT2D eigenvalue weighted by molar-refractivity contribution is 5.89. The van der Waals surface area contributed by atoms with Gasteiger partial charge in [-0.05, 0) is 18.6 Å². The van der Waals surface area contributed by atoms with Gasteiger partial charge in [-0.2, -0.15) is 0 Å². The highest BCUT2D eigenvalue weighted by Crippen LogP contribution is 2.00. The SMILES string of the molecule is CC/C=C\COC(=O)c1ccccc1. The Labute approximate surface area is 84.2 Å². The van der Waals surface area contributed by atoms with E-state index in [-0.39, 0.29) is 5.97 Å². The lowest BCUT2D eigenvalue weighted by atomic mass is 10.2. The number of rotatable bonds is 4. The molecule has 0 aliphatic heterocycles. The minimum absolute atomic E-state index is 0.272. The summed E-state index contributed by atoms with van der Waals surface area (Å²) in [5, 5.41) is 0. The van der Waals surface area contributed by atoms with Crippen LogP contribution in [-0.2, 0) is 4.74 Å². The van der Waals surface area contributed by atoms with E-state index >= 15 is 0 Å². The van der Waals surface area contributed by atoms with Crippen LogP contribution < -0.4 is 0 Å². The van der Waals surface area contributed by atoms with E-state index in [1.165, 1.54) is 0 Å². The number of carbonyl (C=O) groups is 1. The average molecular weight is 190 g/mol. The zero-order chi connectivity index (χ0) is 10.2. The van der Waals surface area contributed by atoms with Gasteiger partial charge in [0.25, 0.3) is 0 Å². The quantitative estimate of drug-likeness (QED) is 0.539. The summed E-state index contributed by atoms with van der Waals surface area (Å²) < 4.78 is 5.00. The Morgan fingerprint density at radius 2 is 2.00 bits per heavy atom. The molecule has 74 valence electrons. The van der Waals surface area contributed by atoms with Crippen LogP contribution in [0.1, 0.15) is 23.7 Å². The summed E-state index contributed by atoms with van der Waals surface area (Å²) >= 11 is 0. The third kappa shape index (κ3) is 3.44. The highest BCUT2D eigenvalue weighted by Gasteiger charge is 2.03. The Hall–Kier alpha value is -1.57. The number of esters is 1. The maximum absolute atomic E-state index is 11.4. The van der Waals surface area contributed by atoms with Gasteiger partial charge in [-0.25, -0.2) is 4.79 Å². The van der Waals surface area contributed by atoms with Gasteiger partial charge < -0.3 is 4.74 Å². The second-order valence-electron chi connectivity index (χ2n) is 2.84. The molecule has 0 N–H and O–H groups in total. The standard InChI is InChI=1S/C12H14O2/c1-2-3-7-10-14-12(13)11-8-5-4-6-9-11/h3-9H,2,10H2,1H3/b7-3-. The average Bonchev–Trinajstić information content (AvgIpc) is 2.25. The Morgan fingerprint density at radius 3 is 2.64 bits per heavy atom. The van der Waals surface area contributed by atoms with E-state index in [1.807, 2.05) is 37.3 Å². The van der Waals surface area contributed by atoms with Gasteiger partial charge in [0.15, 0.2) is 0 Å². The van der Waals surface area contributed by atoms with Gasteiger partial charge in [0.1, 0.15) is 6.61 Å². The first-order chi connectivity index (χ1) is 6.84. The fourth-order valence-electron chi connectivity index (χ4n) is 1.02. The van der Waals surface area contributed by atoms with E-state index in [9.17, 15) is 4.79 Å². The van der Waals surface area contributed by atoms with Crippen molar-refractivity contribution in [3.63, 3.8) is 0 Å². The van der Waals surface area contributed by atoms with Crippen molar-refractivity contribution in [2.75, 3.05) is 6.61 Å². The van der Waals surface area contributed by atoms with Crippen LogP contribution >= 0.6 is 0 Å². The maximum Gasteiger partial charge on any atom is 0.338 e. The molecule has 0 amide bonds. The number of ether oxygens (including phenoxy) is 1. The van der Waals surface area contributed by atoms with Gasteiger partial charge in [0, 0.05) is 0 Å². The van der Waals surface area contributed by atoms with Crippen LogP contribution in [0.4, 0.5) is 0 Å². The smallest absolute Gasteiger partial charge is 0.338 e. The van der Waals surface area contributed by atoms with Crippen LogP contribution in [0.5, 0.6) is 0 Å². The Balaban J connectivity index is 2.40. The van der Waals surface area contributed by atoms with Crippen molar-refractivity contribution in [3.8, 4) is 0 Å². The van der Waals surface area contributed by atoms with Crippen LogP contribution in [0.3, 0.4) is 0 Å². The van der Waals surface area contributed by atoms with Crippen molar-refractivity contribution in [2.24, 2.45) is 0 Å². The Kier molecular flexibility index (Phi) is 4.48. The summed E-state index contributed by atoms with van der Waals surface area (Å²) in [5.74, 6) is -0.272. The summed E-state index contributed by atoms with van der Waals surface area (Å²) in [4.78, 5) is 11.4. The molecule has 0 saturated carbocycles. The monoisotopic (exact) mass is 190 g/mol. The van der Waals surface area contributed by atoms with E-state index in [1.54, 1.807) is 12.1 Å². The molecule has 0 saturated heterocycles. The third-order valence-corrected chi connectivity index (χ3v) is 1.72. The molecule has 0 atom stereocenters. The van der Waals surface area contributed by atoms with Crippen LogP contribution in [0, 0.1) is 0 Å². The minimum Gasteiger partial charge on any atom is -0.458 e. The lowest BCUT2D eigenvalue weighted by Crippen LogP contribution is -2.04. The van der Waals surface area contributed by atoms with Gasteiger partial charge in [-0.15, -0.1) is 0 Å². The van der Waals surface area contributed by atoms with E-state index < -0.39 is 0 Å². The number of carbonyl (C=O) groups excluding carboxylic acids is 1.